The number of ether oxygens (including phenoxy) is 2. The highest BCUT2D eigenvalue weighted by Crippen LogP contribution is 2.28. The summed E-state index contributed by atoms with van der Waals surface area (Å²) >= 11 is 0. The standard InChI is InChI=1S/C20H33N5O2.HI/c1-16-14-25(9-11-27-16)19-12-18(6-7-22-19)13-23-20(21-2)24(3)8-10-26-15-17-4-5-17;/h6-7,12,16-17H,4-5,8-11,13-15H2,1-3H3,(H,21,23);1H. The summed E-state index contributed by atoms with van der Waals surface area (Å²) in [5.74, 6) is 2.70. The van der Waals surface area contributed by atoms with Crippen molar-refractivity contribution in [2.75, 3.05) is 58.5 Å². The van der Waals surface area contributed by atoms with Crippen LogP contribution in [0, 0.1) is 5.92 Å². The van der Waals surface area contributed by atoms with Gasteiger partial charge in [-0.1, -0.05) is 0 Å². The van der Waals surface area contributed by atoms with Crippen molar-refractivity contribution < 1.29 is 9.47 Å². The lowest BCUT2D eigenvalue weighted by Crippen LogP contribution is -2.41. The number of hydrogen-bond acceptors (Lipinski definition) is 5. The molecular formula is C20H34IN5O2. The maximum Gasteiger partial charge on any atom is 0.193 e. The molecule has 0 radical (unpaired) electrons. The normalized spacial score (nSPS) is 19.9. The predicted octanol–water partition coefficient (Wildman–Crippen LogP) is 2.36. The lowest BCUT2D eigenvalue weighted by Gasteiger charge is -2.32. The molecule has 7 nitrogen and oxygen atoms in total. The molecule has 0 amide bonds. The first kappa shape index (κ1) is 23.2. The summed E-state index contributed by atoms with van der Waals surface area (Å²) in [5.41, 5.74) is 1.19. The second-order valence-electron chi connectivity index (χ2n) is 7.49. The highest BCUT2D eigenvalue weighted by atomic mass is 127. The number of anilines is 1. The number of morpholine rings is 1. The average molecular weight is 503 g/mol. The molecule has 8 heteroatoms. The maximum absolute atomic E-state index is 5.73. The molecule has 1 saturated heterocycles. The molecule has 1 aliphatic carbocycles. The molecule has 1 aromatic rings. The van der Waals surface area contributed by atoms with E-state index in [4.69, 9.17) is 9.47 Å². The van der Waals surface area contributed by atoms with Gasteiger partial charge in [0.1, 0.15) is 5.82 Å². The second-order valence-corrected chi connectivity index (χ2v) is 7.49. The number of hydrogen-bond donors (Lipinski definition) is 1. The first-order valence-corrected chi connectivity index (χ1v) is 9.96. The van der Waals surface area contributed by atoms with Gasteiger partial charge in [-0.15, -0.1) is 24.0 Å². The number of rotatable bonds is 8. The maximum atomic E-state index is 5.73. The van der Waals surface area contributed by atoms with Gasteiger partial charge in [-0.3, -0.25) is 4.99 Å². The molecule has 3 rings (SSSR count). The fourth-order valence-electron chi connectivity index (χ4n) is 3.18. The van der Waals surface area contributed by atoms with Crippen LogP contribution in [0.15, 0.2) is 23.3 Å². The Hall–Kier alpha value is -1.13. The first-order chi connectivity index (χ1) is 13.2. The molecule has 1 atom stereocenters. The highest BCUT2D eigenvalue weighted by Gasteiger charge is 2.21. The molecule has 1 unspecified atom stereocenters. The largest absolute Gasteiger partial charge is 0.379 e. The van der Waals surface area contributed by atoms with Crippen LogP contribution < -0.4 is 10.2 Å². The molecule has 2 fully saturated rings. The summed E-state index contributed by atoms with van der Waals surface area (Å²) in [5, 5.41) is 3.44. The van der Waals surface area contributed by atoms with Crippen LogP contribution in [0.4, 0.5) is 5.82 Å². The Kier molecular flexibility index (Phi) is 9.73. The number of halogens is 1. The Morgan fingerprint density at radius 2 is 2.29 bits per heavy atom. The number of pyridine rings is 1. The van der Waals surface area contributed by atoms with E-state index in [-0.39, 0.29) is 30.1 Å². The average Bonchev–Trinajstić information content (AvgIpc) is 3.50. The van der Waals surface area contributed by atoms with Crippen molar-refractivity contribution >= 4 is 35.8 Å². The zero-order valence-corrected chi connectivity index (χ0v) is 19.6. The number of guanidine groups is 1. The Bertz CT molecular complexity index is 626. The third kappa shape index (κ3) is 7.36. The summed E-state index contributed by atoms with van der Waals surface area (Å²) in [6.45, 7) is 7.82. The number of likely N-dealkylation sites (N-methyl/N-ethyl adjacent to an activating group) is 1. The minimum atomic E-state index is 0. The van der Waals surface area contributed by atoms with E-state index < -0.39 is 0 Å². The van der Waals surface area contributed by atoms with Crippen molar-refractivity contribution in [3.05, 3.63) is 23.9 Å². The van der Waals surface area contributed by atoms with Crippen LogP contribution >= 0.6 is 24.0 Å². The van der Waals surface area contributed by atoms with Gasteiger partial charge in [0.05, 0.1) is 19.3 Å². The van der Waals surface area contributed by atoms with Gasteiger partial charge < -0.3 is 24.6 Å². The Morgan fingerprint density at radius 3 is 3.00 bits per heavy atom. The van der Waals surface area contributed by atoms with Crippen LogP contribution in [-0.4, -0.2) is 75.5 Å². The molecule has 0 aromatic carbocycles. The number of aromatic nitrogens is 1. The van der Waals surface area contributed by atoms with Crippen molar-refractivity contribution in [2.45, 2.75) is 32.4 Å². The number of nitrogens with one attached hydrogen (secondary N) is 1. The van der Waals surface area contributed by atoms with Crippen molar-refractivity contribution in [1.29, 1.82) is 0 Å². The third-order valence-electron chi connectivity index (χ3n) is 5.02. The summed E-state index contributed by atoms with van der Waals surface area (Å²) < 4.78 is 11.4. The van der Waals surface area contributed by atoms with Gasteiger partial charge in [-0.05, 0) is 43.4 Å². The van der Waals surface area contributed by atoms with Crippen molar-refractivity contribution in [3.8, 4) is 0 Å². The SMILES string of the molecule is CN=C(NCc1ccnc(N2CCOC(C)C2)c1)N(C)CCOCC1CC1.I. The smallest absolute Gasteiger partial charge is 0.193 e. The van der Waals surface area contributed by atoms with Crippen LogP contribution in [0.1, 0.15) is 25.3 Å². The monoisotopic (exact) mass is 503 g/mol. The van der Waals surface area contributed by atoms with Gasteiger partial charge in [0.15, 0.2) is 5.96 Å². The molecular weight excluding hydrogens is 469 g/mol. The van der Waals surface area contributed by atoms with Crippen molar-refractivity contribution in [2.24, 2.45) is 10.9 Å². The van der Waals surface area contributed by atoms with E-state index in [1.165, 1.54) is 18.4 Å². The molecule has 1 aliphatic heterocycles. The minimum Gasteiger partial charge on any atom is -0.379 e. The van der Waals surface area contributed by atoms with E-state index in [0.29, 0.717) is 0 Å². The summed E-state index contributed by atoms with van der Waals surface area (Å²) in [7, 11) is 3.86. The van der Waals surface area contributed by atoms with E-state index in [1.807, 2.05) is 26.4 Å². The minimum absolute atomic E-state index is 0. The second kappa shape index (κ2) is 11.8. The third-order valence-corrected chi connectivity index (χ3v) is 5.02. The molecule has 0 bridgehead atoms. The fraction of sp³-hybridized carbons (Fsp3) is 0.700. The Morgan fingerprint density at radius 1 is 1.46 bits per heavy atom. The van der Waals surface area contributed by atoms with E-state index in [0.717, 1.165) is 63.7 Å². The van der Waals surface area contributed by atoms with E-state index in [9.17, 15) is 0 Å². The molecule has 0 spiro atoms. The van der Waals surface area contributed by atoms with Gasteiger partial charge in [0.25, 0.3) is 0 Å². The molecule has 1 saturated carbocycles. The predicted molar refractivity (Wildman–Crippen MR) is 124 cm³/mol. The molecule has 2 heterocycles. The van der Waals surface area contributed by atoms with Gasteiger partial charge >= 0.3 is 0 Å². The lowest BCUT2D eigenvalue weighted by molar-refractivity contribution is 0.0529. The molecule has 1 aromatic heterocycles. The van der Waals surface area contributed by atoms with Crippen LogP contribution in [0.25, 0.3) is 0 Å². The summed E-state index contributed by atoms with van der Waals surface area (Å²) in [6.07, 6.45) is 4.79. The Labute approximate surface area is 185 Å². The van der Waals surface area contributed by atoms with E-state index >= 15 is 0 Å². The molecule has 28 heavy (non-hydrogen) atoms. The number of aliphatic imine (C=N–C) groups is 1. The van der Waals surface area contributed by atoms with Gasteiger partial charge in [0, 0.05) is 53.1 Å². The van der Waals surface area contributed by atoms with Crippen LogP contribution in [0.3, 0.4) is 0 Å². The topological polar surface area (TPSA) is 62.2 Å². The summed E-state index contributed by atoms with van der Waals surface area (Å²) in [6, 6.07) is 4.20. The van der Waals surface area contributed by atoms with Crippen molar-refractivity contribution in [1.82, 2.24) is 15.2 Å². The zero-order valence-electron chi connectivity index (χ0n) is 17.3. The fourth-order valence-corrected chi connectivity index (χ4v) is 3.18. The zero-order chi connectivity index (χ0) is 19.1. The molecule has 1 N–H and O–H groups in total. The number of nitrogens with zero attached hydrogens (tertiary/aromatic N) is 4. The molecule has 2 aliphatic rings. The van der Waals surface area contributed by atoms with E-state index in [2.05, 4.69) is 38.1 Å². The van der Waals surface area contributed by atoms with Crippen LogP contribution in [0.5, 0.6) is 0 Å². The highest BCUT2D eigenvalue weighted by molar-refractivity contribution is 14.0. The lowest BCUT2D eigenvalue weighted by atomic mass is 10.2. The van der Waals surface area contributed by atoms with Gasteiger partial charge in [-0.25, -0.2) is 4.98 Å². The van der Waals surface area contributed by atoms with Crippen LogP contribution in [-0.2, 0) is 16.0 Å². The quantitative estimate of drug-likeness (QED) is 0.255. The first-order valence-electron chi connectivity index (χ1n) is 9.96. The van der Waals surface area contributed by atoms with E-state index in [1.54, 1.807) is 0 Å². The summed E-state index contributed by atoms with van der Waals surface area (Å²) in [4.78, 5) is 13.3. The van der Waals surface area contributed by atoms with Gasteiger partial charge in [0.2, 0.25) is 0 Å². The Balaban J connectivity index is 0.00000280. The molecule has 158 valence electrons. The van der Waals surface area contributed by atoms with Crippen LogP contribution in [0.2, 0.25) is 0 Å². The van der Waals surface area contributed by atoms with Gasteiger partial charge in [-0.2, -0.15) is 0 Å². The van der Waals surface area contributed by atoms with Crippen molar-refractivity contribution in [3.63, 3.8) is 0 Å².